The maximum Gasteiger partial charge on any atom is 0.129 e. The zero-order valence-electron chi connectivity index (χ0n) is 11.7. The van der Waals surface area contributed by atoms with E-state index in [-0.39, 0.29) is 5.82 Å². The zero-order valence-corrected chi connectivity index (χ0v) is 11.7. The number of nitrogens with one attached hydrogen (secondary N) is 1. The lowest BCUT2D eigenvalue weighted by molar-refractivity contribution is 0.612. The molecule has 0 atom stereocenters. The molecule has 0 aliphatic heterocycles. The Hall–Kier alpha value is -2.34. The summed E-state index contributed by atoms with van der Waals surface area (Å²) in [5, 5.41) is 11.9. The van der Waals surface area contributed by atoms with E-state index in [1.807, 2.05) is 18.2 Å². The lowest BCUT2D eigenvalue weighted by atomic mass is 10.0. The molecular weight excluding hydrogens is 251 g/mol. The van der Waals surface area contributed by atoms with E-state index in [2.05, 4.69) is 31.3 Å². The second-order valence-electron chi connectivity index (χ2n) is 5.05. The Morgan fingerprint density at radius 1 is 1.20 bits per heavy atom. The fraction of sp³-hybridized carbons (Fsp3) is 0.235. The first kappa shape index (κ1) is 14.1. The molecule has 3 heteroatoms. The van der Waals surface area contributed by atoms with Crippen LogP contribution in [0.3, 0.4) is 0 Å². The third-order valence-corrected chi connectivity index (χ3v) is 3.22. The van der Waals surface area contributed by atoms with Crippen LogP contribution in [0, 0.1) is 17.1 Å². The molecule has 2 nitrogen and oxygen atoms in total. The quantitative estimate of drug-likeness (QED) is 0.890. The van der Waals surface area contributed by atoms with Crippen molar-refractivity contribution < 1.29 is 4.39 Å². The summed E-state index contributed by atoms with van der Waals surface area (Å²) >= 11 is 0. The maximum absolute atomic E-state index is 13.8. The summed E-state index contributed by atoms with van der Waals surface area (Å²) in [6, 6.07) is 14.6. The number of nitrogens with zero attached hydrogens (tertiary/aromatic N) is 1. The number of nitriles is 1. The Morgan fingerprint density at radius 3 is 2.65 bits per heavy atom. The Balaban J connectivity index is 2.09. The average Bonchev–Trinajstić information content (AvgIpc) is 2.46. The van der Waals surface area contributed by atoms with E-state index in [0.29, 0.717) is 23.6 Å². The lowest BCUT2D eigenvalue weighted by Crippen LogP contribution is -2.02. The van der Waals surface area contributed by atoms with E-state index in [1.165, 1.54) is 11.6 Å². The molecule has 2 aromatic rings. The van der Waals surface area contributed by atoms with Gasteiger partial charge in [-0.25, -0.2) is 4.39 Å². The van der Waals surface area contributed by atoms with Gasteiger partial charge in [-0.2, -0.15) is 5.26 Å². The van der Waals surface area contributed by atoms with E-state index in [4.69, 9.17) is 5.26 Å². The number of benzene rings is 2. The minimum Gasteiger partial charge on any atom is -0.381 e. The van der Waals surface area contributed by atoms with Crippen LogP contribution in [0.1, 0.15) is 36.5 Å². The lowest BCUT2D eigenvalue weighted by Gasteiger charge is -2.11. The van der Waals surface area contributed by atoms with Crippen molar-refractivity contribution >= 4 is 5.69 Å². The third kappa shape index (κ3) is 3.36. The largest absolute Gasteiger partial charge is 0.381 e. The van der Waals surface area contributed by atoms with Gasteiger partial charge in [0.15, 0.2) is 0 Å². The van der Waals surface area contributed by atoms with E-state index in [1.54, 1.807) is 12.1 Å². The Morgan fingerprint density at radius 2 is 2.00 bits per heavy atom. The van der Waals surface area contributed by atoms with Gasteiger partial charge in [0, 0.05) is 17.8 Å². The highest BCUT2D eigenvalue weighted by Crippen LogP contribution is 2.19. The first-order valence-electron chi connectivity index (χ1n) is 6.62. The van der Waals surface area contributed by atoms with Crippen LogP contribution < -0.4 is 5.32 Å². The normalized spacial score (nSPS) is 10.3. The highest BCUT2D eigenvalue weighted by atomic mass is 19.1. The second kappa shape index (κ2) is 6.21. The van der Waals surface area contributed by atoms with Crippen LogP contribution in [0.15, 0.2) is 42.5 Å². The van der Waals surface area contributed by atoms with Gasteiger partial charge < -0.3 is 5.32 Å². The van der Waals surface area contributed by atoms with E-state index in [9.17, 15) is 4.39 Å². The summed E-state index contributed by atoms with van der Waals surface area (Å²) in [6.45, 7) is 4.68. The van der Waals surface area contributed by atoms with Crippen molar-refractivity contribution in [2.45, 2.75) is 26.3 Å². The van der Waals surface area contributed by atoms with E-state index < -0.39 is 0 Å². The van der Waals surface area contributed by atoms with E-state index >= 15 is 0 Å². The molecule has 0 fully saturated rings. The van der Waals surface area contributed by atoms with Crippen molar-refractivity contribution in [3.8, 4) is 6.07 Å². The Bertz CT molecular complexity index is 642. The van der Waals surface area contributed by atoms with Gasteiger partial charge in [-0.1, -0.05) is 32.0 Å². The summed E-state index contributed by atoms with van der Waals surface area (Å²) < 4.78 is 13.8. The highest BCUT2D eigenvalue weighted by Gasteiger charge is 2.04. The smallest absolute Gasteiger partial charge is 0.129 e. The Labute approximate surface area is 118 Å². The monoisotopic (exact) mass is 268 g/mol. The number of hydrogen-bond donors (Lipinski definition) is 1. The molecule has 0 spiro atoms. The van der Waals surface area contributed by atoms with Crippen molar-refractivity contribution in [2.75, 3.05) is 5.32 Å². The van der Waals surface area contributed by atoms with Gasteiger partial charge in [-0.15, -0.1) is 0 Å². The van der Waals surface area contributed by atoms with Gasteiger partial charge in [0.25, 0.3) is 0 Å². The highest BCUT2D eigenvalue weighted by molar-refractivity contribution is 5.47. The standard InChI is InChI=1S/C17H17FN2/c1-12(2)14-4-3-5-16(9-14)20-11-15-7-6-13(10-19)8-17(15)18/h3-9,12,20H,11H2,1-2H3. The number of anilines is 1. The van der Waals surface area contributed by atoms with Crippen LogP contribution in [0.4, 0.5) is 10.1 Å². The first-order valence-corrected chi connectivity index (χ1v) is 6.62. The van der Waals surface area contributed by atoms with Crippen LogP contribution in [-0.2, 0) is 6.54 Å². The van der Waals surface area contributed by atoms with Crippen LogP contribution in [0.25, 0.3) is 0 Å². The predicted octanol–water partition coefficient (Wildman–Crippen LogP) is 4.43. The van der Waals surface area contributed by atoms with Gasteiger partial charge in [0.2, 0.25) is 0 Å². The fourth-order valence-corrected chi connectivity index (χ4v) is 1.97. The summed E-state index contributed by atoms with van der Waals surface area (Å²) in [5.74, 6) is 0.111. The molecule has 0 saturated heterocycles. The van der Waals surface area contributed by atoms with Gasteiger partial charge in [-0.3, -0.25) is 0 Å². The van der Waals surface area contributed by atoms with Crippen molar-refractivity contribution in [3.63, 3.8) is 0 Å². The van der Waals surface area contributed by atoms with Gasteiger partial charge >= 0.3 is 0 Å². The molecule has 0 saturated carbocycles. The summed E-state index contributed by atoms with van der Waals surface area (Å²) in [5.41, 5.74) is 3.11. The summed E-state index contributed by atoms with van der Waals surface area (Å²) in [7, 11) is 0. The molecule has 0 heterocycles. The molecule has 2 rings (SSSR count). The minimum atomic E-state index is -0.350. The minimum absolute atomic E-state index is 0.341. The van der Waals surface area contributed by atoms with Crippen LogP contribution >= 0.6 is 0 Å². The van der Waals surface area contributed by atoms with Crippen molar-refractivity contribution in [2.24, 2.45) is 0 Å². The summed E-state index contributed by atoms with van der Waals surface area (Å²) in [4.78, 5) is 0. The number of halogens is 1. The number of rotatable bonds is 4. The van der Waals surface area contributed by atoms with Crippen LogP contribution in [0.5, 0.6) is 0 Å². The predicted molar refractivity (Wildman–Crippen MR) is 79.0 cm³/mol. The summed E-state index contributed by atoms with van der Waals surface area (Å²) in [6.07, 6.45) is 0. The molecule has 0 unspecified atom stereocenters. The second-order valence-corrected chi connectivity index (χ2v) is 5.05. The Kier molecular flexibility index (Phi) is 4.37. The zero-order chi connectivity index (χ0) is 14.5. The fourth-order valence-electron chi connectivity index (χ4n) is 1.97. The molecule has 0 amide bonds. The molecule has 2 aromatic carbocycles. The van der Waals surface area contributed by atoms with E-state index in [0.717, 1.165) is 5.69 Å². The topological polar surface area (TPSA) is 35.8 Å². The van der Waals surface area contributed by atoms with Gasteiger partial charge in [0.05, 0.1) is 11.6 Å². The molecule has 20 heavy (non-hydrogen) atoms. The molecule has 0 bridgehead atoms. The molecule has 102 valence electrons. The van der Waals surface area contributed by atoms with Crippen molar-refractivity contribution in [1.82, 2.24) is 0 Å². The van der Waals surface area contributed by atoms with Gasteiger partial charge in [-0.05, 0) is 35.7 Å². The molecular formula is C17H17FN2. The molecule has 0 aromatic heterocycles. The van der Waals surface area contributed by atoms with Gasteiger partial charge in [0.1, 0.15) is 5.82 Å². The number of hydrogen-bond acceptors (Lipinski definition) is 2. The molecule has 1 N–H and O–H groups in total. The van der Waals surface area contributed by atoms with Crippen molar-refractivity contribution in [1.29, 1.82) is 5.26 Å². The first-order chi connectivity index (χ1) is 9.60. The average molecular weight is 268 g/mol. The SMILES string of the molecule is CC(C)c1cccc(NCc2ccc(C#N)cc2F)c1. The van der Waals surface area contributed by atoms with Crippen LogP contribution in [-0.4, -0.2) is 0 Å². The van der Waals surface area contributed by atoms with Crippen LogP contribution in [0.2, 0.25) is 0 Å². The third-order valence-electron chi connectivity index (χ3n) is 3.22. The molecule has 0 aliphatic rings. The van der Waals surface area contributed by atoms with Crippen molar-refractivity contribution in [3.05, 3.63) is 65.0 Å². The molecule has 0 aliphatic carbocycles. The maximum atomic E-state index is 13.8. The molecule has 0 radical (unpaired) electrons.